The van der Waals surface area contributed by atoms with Crippen molar-refractivity contribution in [2.75, 3.05) is 19.6 Å². The fourth-order valence-corrected chi connectivity index (χ4v) is 4.01. The number of rotatable bonds is 7. The molecule has 126 valence electrons. The van der Waals surface area contributed by atoms with Gasteiger partial charge >= 0.3 is 0 Å². The number of hydrogen-bond donors (Lipinski definition) is 2. The van der Waals surface area contributed by atoms with E-state index in [4.69, 9.17) is 0 Å². The second-order valence-electron chi connectivity index (χ2n) is 6.24. The Balaban J connectivity index is 1.39. The second kappa shape index (κ2) is 6.98. The van der Waals surface area contributed by atoms with E-state index in [-0.39, 0.29) is 29.8 Å². The third kappa shape index (κ3) is 4.53. The molecule has 1 saturated carbocycles. The first-order valence-electron chi connectivity index (χ1n) is 8.13. The molecule has 23 heavy (non-hydrogen) atoms. The third-order valence-corrected chi connectivity index (χ3v) is 5.82. The van der Waals surface area contributed by atoms with Crippen LogP contribution >= 0.6 is 0 Å². The van der Waals surface area contributed by atoms with Gasteiger partial charge in [0.25, 0.3) is 0 Å². The highest BCUT2D eigenvalue weighted by molar-refractivity contribution is 7.89. The molecule has 1 amide bonds. The molecule has 1 heterocycles. The van der Waals surface area contributed by atoms with E-state index in [1.165, 1.54) is 25.0 Å². The lowest BCUT2D eigenvalue weighted by atomic mass is 10.2. The zero-order valence-electron chi connectivity index (χ0n) is 13.1. The minimum absolute atomic E-state index is 0.0941. The Kier molecular flexibility index (Phi) is 4.99. The molecule has 6 nitrogen and oxygen atoms in total. The van der Waals surface area contributed by atoms with Gasteiger partial charge in [-0.25, -0.2) is 13.1 Å². The van der Waals surface area contributed by atoms with Crippen molar-refractivity contribution in [1.29, 1.82) is 0 Å². The van der Waals surface area contributed by atoms with Crippen molar-refractivity contribution in [3.63, 3.8) is 0 Å². The largest absolute Gasteiger partial charge is 0.352 e. The lowest BCUT2D eigenvalue weighted by Crippen LogP contribution is -2.39. The summed E-state index contributed by atoms with van der Waals surface area (Å²) < 4.78 is 26.5. The van der Waals surface area contributed by atoms with Crippen molar-refractivity contribution in [2.24, 2.45) is 0 Å². The van der Waals surface area contributed by atoms with Gasteiger partial charge in [-0.3, -0.25) is 9.69 Å². The molecular weight excluding hydrogens is 314 g/mol. The quantitative estimate of drug-likeness (QED) is 0.768. The van der Waals surface area contributed by atoms with Gasteiger partial charge in [-0.05, 0) is 31.4 Å². The minimum Gasteiger partial charge on any atom is -0.352 e. The molecule has 1 aromatic rings. The van der Waals surface area contributed by atoms with E-state index in [0.717, 1.165) is 25.6 Å². The van der Waals surface area contributed by atoms with Gasteiger partial charge in [-0.15, -0.1) is 0 Å². The van der Waals surface area contributed by atoms with Gasteiger partial charge < -0.3 is 5.32 Å². The maximum absolute atomic E-state index is 12.0. The molecule has 1 aliphatic heterocycles. The molecule has 3 rings (SSSR count). The molecule has 0 spiro atoms. The Morgan fingerprint density at radius 1 is 1.17 bits per heavy atom. The van der Waals surface area contributed by atoms with Crippen LogP contribution in [0.25, 0.3) is 0 Å². The predicted octanol–water partition coefficient (Wildman–Crippen LogP) is 0.708. The fraction of sp³-hybridized carbons (Fsp3) is 0.562. The van der Waals surface area contributed by atoms with E-state index in [1.807, 2.05) is 0 Å². The minimum atomic E-state index is -3.53. The van der Waals surface area contributed by atoms with E-state index in [0.29, 0.717) is 0 Å². The Bertz CT molecular complexity index is 644. The highest BCUT2D eigenvalue weighted by atomic mass is 32.2. The molecule has 0 bridgehead atoms. The van der Waals surface area contributed by atoms with Gasteiger partial charge in [0.2, 0.25) is 15.9 Å². The number of likely N-dealkylation sites (tertiary alicyclic amines) is 1. The van der Waals surface area contributed by atoms with Gasteiger partial charge in [0.15, 0.2) is 0 Å². The SMILES string of the molecule is O=C(CCNS(=O)(=O)c1ccccc1)N[C@@H]1CCN(C2CC2)C1. The van der Waals surface area contributed by atoms with E-state index in [2.05, 4.69) is 14.9 Å². The van der Waals surface area contributed by atoms with Crippen molar-refractivity contribution < 1.29 is 13.2 Å². The van der Waals surface area contributed by atoms with Crippen LogP contribution in [0.1, 0.15) is 25.7 Å². The summed E-state index contributed by atoms with van der Waals surface area (Å²) in [5.74, 6) is -0.0941. The normalized spacial score (nSPS) is 22.2. The smallest absolute Gasteiger partial charge is 0.240 e. The fourth-order valence-electron chi connectivity index (χ4n) is 2.96. The molecule has 1 saturated heterocycles. The molecule has 1 aromatic carbocycles. The summed E-state index contributed by atoms with van der Waals surface area (Å²) in [4.78, 5) is 14.6. The molecule has 2 N–H and O–H groups in total. The Morgan fingerprint density at radius 3 is 2.61 bits per heavy atom. The van der Waals surface area contributed by atoms with E-state index in [9.17, 15) is 13.2 Å². The lowest BCUT2D eigenvalue weighted by Gasteiger charge is -2.15. The number of nitrogens with one attached hydrogen (secondary N) is 2. The van der Waals surface area contributed by atoms with Crippen LogP contribution in [0.2, 0.25) is 0 Å². The number of amides is 1. The first-order chi connectivity index (χ1) is 11.0. The highest BCUT2D eigenvalue weighted by Crippen LogP contribution is 2.29. The van der Waals surface area contributed by atoms with Crippen LogP contribution in [0.4, 0.5) is 0 Å². The maximum Gasteiger partial charge on any atom is 0.240 e. The number of hydrogen-bond acceptors (Lipinski definition) is 4. The van der Waals surface area contributed by atoms with Crippen LogP contribution in [0.5, 0.6) is 0 Å². The second-order valence-corrected chi connectivity index (χ2v) is 8.01. The summed E-state index contributed by atoms with van der Waals surface area (Å²) in [6.07, 6.45) is 3.70. The van der Waals surface area contributed by atoms with Crippen LogP contribution in [0.3, 0.4) is 0 Å². The summed E-state index contributed by atoms with van der Waals surface area (Å²) in [5.41, 5.74) is 0. The van der Waals surface area contributed by atoms with Crippen molar-refractivity contribution in [1.82, 2.24) is 14.9 Å². The summed E-state index contributed by atoms with van der Waals surface area (Å²) in [7, 11) is -3.53. The zero-order valence-corrected chi connectivity index (χ0v) is 13.9. The molecule has 2 aliphatic rings. The maximum atomic E-state index is 12.0. The Morgan fingerprint density at radius 2 is 1.91 bits per heavy atom. The molecule has 7 heteroatoms. The average Bonchev–Trinajstić information content (AvgIpc) is 3.28. The van der Waals surface area contributed by atoms with Crippen molar-refractivity contribution >= 4 is 15.9 Å². The number of nitrogens with zero attached hydrogens (tertiary/aromatic N) is 1. The van der Waals surface area contributed by atoms with Gasteiger partial charge in [-0.1, -0.05) is 18.2 Å². The van der Waals surface area contributed by atoms with Crippen molar-refractivity contribution in [3.8, 4) is 0 Å². The number of benzene rings is 1. The monoisotopic (exact) mass is 337 g/mol. The predicted molar refractivity (Wildman–Crippen MR) is 87.4 cm³/mol. The van der Waals surface area contributed by atoms with Gasteiger partial charge in [0, 0.05) is 38.1 Å². The zero-order chi connectivity index (χ0) is 16.3. The molecule has 1 atom stereocenters. The molecule has 2 fully saturated rings. The average molecular weight is 337 g/mol. The van der Waals surface area contributed by atoms with Crippen LogP contribution in [-0.2, 0) is 14.8 Å². The lowest BCUT2D eigenvalue weighted by molar-refractivity contribution is -0.121. The first kappa shape index (κ1) is 16.4. The van der Waals surface area contributed by atoms with Crippen LogP contribution in [0, 0.1) is 0 Å². The molecular formula is C16H23N3O3S. The number of carbonyl (C=O) groups excluding carboxylic acids is 1. The molecule has 1 aliphatic carbocycles. The molecule has 0 radical (unpaired) electrons. The van der Waals surface area contributed by atoms with Crippen LogP contribution in [-0.4, -0.2) is 50.9 Å². The van der Waals surface area contributed by atoms with Gasteiger partial charge in [0.1, 0.15) is 0 Å². The van der Waals surface area contributed by atoms with Gasteiger partial charge in [0.05, 0.1) is 4.90 Å². The van der Waals surface area contributed by atoms with Crippen LogP contribution in [0.15, 0.2) is 35.2 Å². The highest BCUT2D eigenvalue weighted by Gasteiger charge is 2.34. The summed E-state index contributed by atoms with van der Waals surface area (Å²) in [6, 6.07) is 9.11. The number of sulfonamides is 1. The van der Waals surface area contributed by atoms with E-state index in [1.54, 1.807) is 18.2 Å². The first-order valence-corrected chi connectivity index (χ1v) is 9.61. The van der Waals surface area contributed by atoms with E-state index < -0.39 is 10.0 Å². The summed E-state index contributed by atoms with van der Waals surface area (Å²) >= 11 is 0. The van der Waals surface area contributed by atoms with E-state index >= 15 is 0 Å². The topological polar surface area (TPSA) is 78.5 Å². The Labute approximate surface area is 137 Å². The van der Waals surface area contributed by atoms with Gasteiger partial charge in [-0.2, -0.15) is 0 Å². The molecule has 0 aromatic heterocycles. The standard InChI is InChI=1S/C16H23N3O3S/c20-16(18-13-9-11-19(12-13)14-6-7-14)8-10-17-23(21,22)15-4-2-1-3-5-15/h1-5,13-14,17H,6-12H2,(H,18,20)/t13-/m1/s1. The molecule has 0 unspecified atom stereocenters. The van der Waals surface area contributed by atoms with Crippen molar-refractivity contribution in [2.45, 2.75) is 42.7 Å². The van der Waals surface area contributed by atoms with Crippen molar-refractivity contribution in [3.05, 3.63) is 30.3 Å². The third-order valence-electron chi connectivity index (χ3n) is 4.35. The van der Waals surface area contributed by atoms with Crippen LogP contribution < -0.4 is 10.0 Å². The number of carbonyl (C=O) groups is 1. The summed E-state index contributed by atoms with van der Waals surface area (Å²) in [6.45, 7) is 2.09. The summed E-state index contributed by atoms with van der Waals surface area (Å²) in [5, 5.41) is 3.00. The Hall–Kier alpha value is -1.44.